The molecule has 258 valence electrons. The first-order valence-corrected chi connectivity index (χ1v) is 18.5. The first-order valence-electron chi connectivity index (χ1n) is 18.5. The summed E-state index contributed by atoms with van der Waals surface area (Å²) in [6.45, 7) is 0. The molecule has 6 nitrogen and oxygen atoms in total. The van der Waals surface area contributed by atoms with Crippen LogP contribution < -0.4 is 0 Å². The van der Waals surface area contributed by atoms with Gasteiger partial charge in [-0.15, -0.1) is 0 Å². The number of fused-ring (bicyclic) bond motifs is 14. The number of nitriles is 2. The molecule has 6 heteroatoms. The number of aromatic nitrogens is 2. The summed E-state index contributed by atoms with van der Waals surface area (Å²) in [4.78, 5) is 0. The standard InChI is InChI=1S/C50H26N4O2/c51-27-29-10-9-11-30(26-29)31-24-25-43(53-41-16-5-1-12-32(41)36-20-22-38-34-14-3-7-18-44(34)55-49(38)47(36)53)40(28-52)46(31)54-42-17-6-2-13-33(42)37-21-23-39-35-15-4-8-19-45(35)56-50(39)48(37)54/h1-26H. The lowest BCUT2D eigenvalue weighted by molar-refractivity contribution is 0.671. The Morgan fingerprint density at radius 1 is 0.429 bits per heavy atom. The maximum Gasteiger partial charge on any atom is 0.160 e. The summed E-state index contributed by atoms with van der Waals surface area (Å²) in [5.41, 5.74) is 10.8. The zero-order valence-corrected chi connectivity index (χ0v) is 29.6. The molecule has 0 spiro atoms. The Morgan fingerprint density at radius 2 is 0.964 bits per heavy atom. The minimum Gasteiger partial charge on any atom is -0.454 e. The fourth-order valence-electron chi connectivity index (χ4n) is 9.04. The molecule has 0 N–H and O–H groups in total. The van der Waals surface area contributed by atoms with E-state index < -0.39 is 0 Å². The average molecular weight is 715 g/mol. The van der Waals surface area contributed by atoms with E-state index in [9.17, 15) is 10.5 Å². The fraction of sp³-hybridized carbons (Fsp3) is 0. The minimum atomic E-state index is 0.469. The molecule has 0 saturated carbocycles. The van der Waals surface area contributed by atoms with E-state index in [4.69, 9.17) is 8.83 Å². The van der Waals surface area contributed by atoms with E-state index in [2.05, 4.69) is 88.0 Å². The van der Waals surface area contributed by atoms with Crippen LogP contribution in [0.5, 0.6) is 0 Å². The van der Waals surface area contributed by atoms with Gasteiger partial charge in [0.2, 0.25) is 0 Å². The van der Waals surface area contributed by atoms with Gasteiger partial charge >= 0.3 is 0 Å². The zero-order valence-electron chi connectivity index (χ0n) is 29.6. The van der Waals surface area contributed by atoms with Crippen molar-refractivity contribution in [3.8, 4) is 34.6 Å². The molecule has 4 aromatic heterocycles. The Labute approximate surface area is 318 Å². The lowest BCUT2D eigenvalue weighted by Gasteiger charge is -2.20. The molecule has 0 saturated heterocycles. The summed E-state index contributed by atoms with van der Waals surface area (Å²) in [7, 11) is 0. The van der Waals surface area contributed by atoms with Gasteiger partial charge in [0.05, 0.1) is 45.1 Å². The molecule has 0 bridgehead atoms. The normalized spacial score (nSPS) is 11.9. The van der Waals surface area contributed by atoms with Crippen LogP contribution >= 0.6 is 0 Å². The zero-order chi connectivity index (χ0) is 37.1. The van der Waals surface area contributed by atoms with Gasteiger partial charge in [0.15, 0.2) is 11.2 Å². The number of para-hydroxylation sites is 4. The van der Waals surface area contributed by atoms with Gasteiger partial charge in [-0.25, -0.2) is 0 Å². The molecular weight excluding hydrogens is 689 g/mol. The van der Waals surface area contributed by atoms with Gasteiger partial charge in [0.1, 0.15) is 22.8 Å². The number of nitrogens with zero attached hydrogens (tertiary/aromatic N) is 4. The highest BCUT2D eigenvalue weighted by atomic mass is 16.3. The van der Waals surface area contributed by atoms with Crippen molar-refractivity contribution >= 4 is 87.5 Å². The number of rotatable bonds is 3. The highest BCUT2D eigenvalue weighted by Crippen LogP contribution is 2.46. The van der Waals surface area contributed by atoms with Crippen molar-refractivity contribution in [1.29, 1.82) is 10.5 Å². The van der Waals surface area contributed by atoms with Gasteiger partial charge in [-0.2, -0.15) is 10.5 Å². The average Bonchev–Trinajstić information content (AvgIpc) is 4.01. The molecule has 0 unspecified atom stereocenters. The van der Waals surface area contributed by atoms with Crippen LogP contribution in [0.1, 0.15) is 11.1 Å². The Bertz CT molecular complexity index is 3750. The summed E-state index contributed by atoms with van der Waals surface area (Å²) in [6.07, 6.45) is 0. The topological polar surface area (TPSA) is 83.7 Å². The van der Waals surface area contributed by atoms with Crippen molar-refractivity contribution in [3.05, 3.63) is 169 Å². The third-order valence-corrected chi connectivity index (χ3v) is 11.4. The Balaban J connectivity index is 1.30. The molecule has 0 atom stereocenters. The predicted octanol–water partition coefficient (Wildman–Crippen LogP) is 13.1. The second-order valence-corrected chi connectivity index (χ2v) is 14.2. The van der Waals surface area contributed by atoms with Gasteiger partial charge in [-0.3, -0.25) is 0 Å². The van der Waals surface area contributed by atoms with E-state index in [1.165, 1.54) is 0 Å². The lowest BCUT2D eigenvalue weighted by atomic mass is 9.97. The molecule has 0 radical (unpaired) electrons. The van der Waals surface area contributed by atoms with Crippen LogP contribution in [-0.2, 0) is 0 Å². The molecule has 8 aromatic carbocycles. The van der Waals surface area contributed by atoms with Crippen LogP contribution in [0.2, 0.25) is 0 Å². The molecule has 0 aliphatic heterocycles. The summed E-state index contributed by atoms with van der Waals surface area (Å²) in [5.74, 6) is 0. The first-order chi connectivity index (χ1) is 27.7. The van der Waals surface area contributed by atoms with Crippen molar-refractivity contribution in [2.24, 2.45) is 0 Å². The molecule has 0 aliphatic carbocycles. The fourth-order valence-corrected chi connectivity index (χ4v) is 9.04. The number of hydrogen-bond acceptors (Lipinski definition) is 4. The number of hydrogen-bond donors (Lipinski definition) is 0. The van der Waals surface area contributed by atoms with Gasteiger partial charge in [-0.05, 0) is 60.2 Å². The van der Waals surface area contributed by atoms with E-state index in [1.54, 1.807) is 6.07 Å². The molecule has 12 rings (SSSR count). The maximum atomic E-state index is 11.6. The minimum absolute atomic E-state index is 0.469. The predicted molar refractivity (Wildman–Crippen MR) is 225 cm³/mol. The van der Waals surface area contributed by atoms with Crippen molar-refractivity contribution in [3.63, 3.8) is 0 Å². The van der Waals surface area contributed by atoms with Crippen LogP contribution in [0.25, 0.3) is 110 Å². The van der Waals surface area contributed by atoms with Gasteiger partial charge in [0.25, 0.3) is 0 Å². The number of furan rings is 2. The molecule has 0 fully saturated rings. The quantitative estimate of drug-likeness (QED) is 0.182. The largest absolute Gasteiger partial charge is 0.454 e. The van der Waals surface area contributed by atoms with Crippen LogP contribution in [-0.4, -0.2) is 9.13 Å². The van der Waals surface area contributed by atoms with Crippen molar-refractivity contribution < 1.29 is 8.83 Å². The molecule has 0 aliphatic rings. The van der Waals surface area contributed by atoms with E-state index >= 15 is 0 Å². The number of benzene rings is 8. The SMILES string of the molecule is N#Cc1cccc(-c2ccc(-n3c4ccccc4c4ccc5c6ccccc6oc5c43)c(C#N)c2-n2c3ccccc3c3ccc4c5ccccc5oc4c32)c1. The van der Waals surface area contributed by atoms with Gasteiger partial charge < -0.3 is 18.0 Å². The third-order valence-electron chi connectivity index (χ3n) is 11.4. The van der Waals surface area contributed by atoms with E-state index in [-0.39, 0.29) is 0 Å². The van der Waals surface area contributed by atoms with Crippen molar-refractivity contribution in [2.75, 3.05) is 0 Å². The maximum absolute atomic E-state index is 11.6. The molecule has 12 aromatic rings. The molecular formula is C50H26N4O2. The Hall–Kier alpha value is -8.06. The second-order valence-electron chi connectivity index (χ2n) is 14.2. The van der Waals surface area contributed by atoms with E-state index in [0.29, 0.717) is 22.5 Å². The summed E-state index contributed by atoms with van der Waals surface area (Å²) >= 11 is 0. The van der Waals surface area contributed by atoms with E-state index in [0.717, 1.165) is 98.6 Å². The van der Waals surface area contributed by atoms with Crippen LogP contribution in [0.15, 0.2) is 167 Å². The van der Waals surface area contributed by atoms with Crippen LogP contribution in [0.4, 0.5) is 0 Å². The van der Waals surface area contributed by atoms with Crippen molar-refractivity contribution in [1.82, 2.24) is 9.13 Å². The Kier molecular flexibility index (Phi) is 6.10. The molecule has 0 amide bonds. The van der Waals surface area contributed by atoms with Gasteiger partial charge in [0, 0.05) is 48.7 Å². The summed E-state index contributed by atoms with van der Waals surface area (Å²) < 4.78 is 17.8. The first kappa shape index (κ1) is 30.4. The Morgan fingerprint density at radius 3 is 1.57 bits per heavy atom. The monoisotopic (exact) mass is 714 g/mol. The highest BCUT2D eigenvalue weighted by molar-refractivity contribution is 6.23. The van der Waals surface area contributed by atoms with Crippen LogP contribution in [0, 0.1) is 22.7 Å². The van der Waals surface area contributed by atoms with E-state index in [1.807, 2.05) is 84.9 Å². The van der Waals surface area contributed by atoms with Crippen LogP contribution in [0.3, 0.4) is 0 Å². The molecule has 56 heavy (non-hydrogen) atoms. The third kappa shape index (κ3) is 3.97. The van der Waals surface area contributed by atoms with Crippen molar-refractivity contribution in [2.45, 2.75) is 0 Å². The van der Waals surface area contributed by atoms with Gasteiger partial charge in [-0.1, -0.05) is 103 Å². The highest BCUT2D eigenvalue weighted by Gasteiger charge is 2.27. The summed E-state index contributed by atoms with van der Waals surface area (Å²) in [6, 6.07) is 58.2. The smallest absolute Gasteiger partial charge is 0.160 e. The summed E-state index contributed by atoms with van der Waals surface area (Å²) in [5, 5.41) is 29.9. The molecule has 4 heterocycles. The lowest BCUT2D eigenvalue weighted by Crippen LogP contribution is -2.06. The second kappa shape index (κ2) is 11.2.